The number of thiazole rings is 1. The van der Waals surface area contributed by atoms with Crippen LogP contribution in [0.1, 0.15) is 21.5 Å². The van der Waals surface area contributed by atoms with Crippen LogP contribution in [0, 0.1) is 24.0 Å². The molecule has 1 aromatic heterocycles. The first-order valence-corrected chi connectivity index (χ1v) is 8.09. The number of non-ortho nitro benzene ring substituents is 1. The molecule has 0 unspecified atom stereocenters. The SMILES string of the molecule is Cc1cc(C)c2sc(=NC(=O)c3ccc([N+](=O)[O-])cc3)n(C)c2c1. The number of aryl methyl sites for hydroxylation is 3. The van der Waals surface area contributed by atoms with Gasteiger partial charge in [0.25, 0.3) is 11.6 Å². The van der Waals surface area contributed by atoms with Crippen molar-refractivity contribution >= 4 is 33.1 Å². The van der Waals surface area contributed by atoms with E-state index >= 15 is 0 Å². The van der Waals surface area contributed by atoms with Crippen LogP contribution in [0.15, 0.2) is 41.4 Å². The summed E-state index contributed by atoms with van der Waals surface area (Å²) in [6, 6.07) is 9.62. The molecule has 0 aliphatic carbocycles. The molecule has 0 spiro atoms. The maximum atomic E-state index is 12.3. The van der Waals surface area contributed by atoms with Crippen LogP contribution < -0.4 is 4.80 Å². The van der Waals surface area contributed by atoms with Gasteiger partial charge in [0.1, 0.15) is 0 Å². The van der Waals surface area contributed by atoms with E-state index in [1.165, 1.54) is 35.6 Å². The Balaban J connectivity index is 2.06. The predicted molar refractivity (Wildman–Crippen MR) is 93.3 cm³/mol. The Hall–Kier alpha value is -2.80. The molecule has 2 aromatic carbocycles. The van der Waals surface area contributed by atoms with Gasteiger partial charge < -0.3 is 4.57 Å². The van der Waals surface area contributed by atoms with Gasteiger partial charge in [0.15, 0.2) is 4.80 Å². The summed E-state index contributed by atoms with van der Waals surface area (Å²) in [7, 11) is 1.87. The fraction of sp³-hybridized carbons (Fsp3) is 0.176. The molecule has 0 N–H and O–H groups in total. The van der Waals surface area contributed by atoms with Gasteiger partial charge >= 0.3 is 0 Å². The van der Waals surface area contributed by atoms with Gasteiger partial charge in [-0.25, -0.2) is 0 Å². The number of nitrogens with zero attached hydrogens (tertiary/aromatic N) is 3. The average molecular weight is 341 g/mol. The average Bonchev–Trinajstić information content (AvgIpc) is 2.84. The van der Waals surface area contributed by atoms with E-state index in [2.05, 4.69) is 17.1 Å². The van der Waals surface area contributed by atoms with Crippen LogP contribution in [-0.2, 0) is 7.05 Å². The molecule has 0 aliphatic rings. The van der Waals surface area contributed by atoms with E-state index in [0.29, 0.717) is 10.4 Å². The Morgan fingerprint density at radius 3 is 2.50 bits per heavy atom. The van der Waals surface area contributed by atoms with Crippen molar-refractivity contribution in [3.63, 3.8) is 0 Å². The Bertz CT molecular complexity index is 1030. The number of hydrogen-bond donors (Lipinski definition) is 0. The number of carbonyl (C=O) groups is 1. The van der Waals surface area contributed by atoms with Crippen LogP contribution in [0.5, 0.6) is 0 Å². The number of hydrogen-bond acceptors (Lipinski definition) is 4. The van der Waals surface area contributed by atoms with Crippen LogP contribution in [0.3, 0.4) is 0 Å². The Morgan fingerprint density at radius 1 is 1.21 bits per heavy atom. The molecule has 24 heavy (non-hydrogen) atoms. The molecule has 3 aromatic rings. The molecule has 1 amide bonds. The molecule has 122 valence electrons. The van der Waals surface area contributed by atoms with Gasteiger partial charge in [-0.2, -0.15) is 4.99 Å². The zero-order valence-electron chi connectivity index (χ0n) is 13.4. The van der Waals surface area contributed by atoms with E-state index in [1.807, 2.05) is 25.5 Å². The molecule has 3 rings (SSSR count). The minimum absolute atomic E-state index is 0.0509. The molecule has 0 aliphatic heterocycles. The van der Waals surface area contributed by atoms with Crippen molar-refractivity contribution in [3.05, 3.63) is 68.0 Å². The normalized spacial score (nSPS) is 11.9. The number of rotatable bonds is 2. The summed E-state index contributed by atoms with van der Waals surface area (Å²) in [6.45, 7) is 4.07. The first-order chi connectivity index (χ1) is 11.4. The number of fused-ring (bicyclic) bond motifs is 1. The van der Waals surface area contributed by atoms with Crippen LogP contribution in [0.4, 0.5) is 5.69 Å². The third kappa shape index (κ3) is 2.85. The van der Waals surface area contributed by atoms with Crippen molar-refractivity contribution in [2.45, 2.75) is 13.8 Å². The highest BCUT2D eigenvalue weighted by atomic mass is 32.1. The van der Waals surface area contributed by atoms with Crippen molar-refractivity contribution in [3.8, 4) is 0 Å². The number of amides is 1. The molecule has 0 fully saturated rings. The van der Waals surface area contributed by atoms with Gasteiger partial charge in [0.05, 0.1) is 15.1 Å². The van der Waals surface area contributed by atoms with Crippen LogP contribution in [0.2, 0.25) is 0 Å². The van der Waals surface area contributed by atoms with Crippen molar-refractivity contribution in [1.82, 2.24) is 4.57 Å². The maximum absolute atomic E-state index is 12.3. The van der Waals surface area contributed by atoms with Gasteiger partial charge in [0, 0.05) is 24.7 Å². The molecular formula is C17H15N3O3S. The van der Waals surface area contributed by atoms with Gasteiger partial charge in [-0.3, -0.25) is 14.9 Å². The van der Waals surface area contributed by atoms with E-state index in [1.54, 1.807) is 0 Å². The topological polar surface area (TPSA) is 77.5 Å². The fourth-order valence-electron chi connectivity index (χ4n) is 2.55. The smallest absolute Gasteiger partial charge is 0.279 e. The van der Waals surface area contributed by atoms with Gasteiger partial charge in [0.2, 0.25) is 0 Å². The van der Waals surface area contributed by atoms with Crippen LogP contribution in [-0.4, -0.2) is 15.4 Å². The molecule has 0 saturated carbocycles. The molecule has 0 radical (unpaired) electrons. The highest BCUT2D eigenvalue weighted by Gasteiger charge is 2.11. The molecule has 0 atom stereocenters. The Labute approximate surface area is 141 Å². The summed E-state index contributed by atoms with van der Waals surface area (Å²) in [5.74, 6) is -0.415. The highest BCUT2D eigenvalue weighted by molar-refractivity contribution is 7.16. The highest BCUT2D eigenvalue weighted by Crippen LogP contribution is 2.22. The van der Waals surface area contributed by atoms with Crippen molar-refractivity contribution in [2.24, 2.45) is 12.0 Å². The summed E-state index contributed by atoms with van der Waals surface area (Å²) in [6.07, 6.45) is 0. The molecule has 1 heterocycles. The molecule has 7 heteroatoms. The first-order valence-electron chi connectivity index (χ1n) is 7.27. The standard InChI is InChI=1S/C17H15N3O3S/c1-10-8-11(2)15-14(9-10)19(3)17(24-15)18-16(21)12-4-6-13(7-5-12)20(22)23/h4-9H,1-3H3. The summed E-state index contributed by atoms with van der Waals surface area (Å²) in [5, 5.41) is 10.7. The Morgan fingerprint density at radius 2 is 1.88 bits per heavy atom. The molecule has 6 nitrogen and oxygen atoms in total. The van der Waals surface area contributed by atoms with E-state index in [4.69, 9.17) is 0 Å². The monoisotopic (exact) mass is 341 g/mol. The minimum Gasteiger partial charge on any atom is -0.319 e. The maximum Gasteiger partial charge on any atom is 0.279 e. The van der Waals surface area contributed by atoms with E-state index < -0.39 is 10.8 Å². The number of benzene rings is 2. The number of carbonyl (C=O) groups excluding carboxylic acids is 1. The minimum atomic E-state index is -0.498. The summed E-state index contributed by atoms with van der Waals surface area (Å²) >= 11 is 1.46. The quantitative estimate of drug-likeness (QED) is 0.528. The van der Waals surface area contributed by atoms with Crippen molar-refractivity contribution in [1.29, 1.82) is 0 Å². The van der Waals surface area contributed by atoms with E-state index in [0.717, 1.165) is 21.3 Å². The number of nitro benzene ring substituents is 1. The van der Waals surface area contributed by atoms with E-state index in [-0.39, 0.29) is 5.69 Å². The summed E-state index contributed by atoms with van der Waals surface area (Å²) in [5.41, 5.74) is 3.61. The third-order valence-corrected chi connectivity index (χ3v) is 5.05. The lowest BCUT2D eigenvalue weighted by molar-refractivity contribution is -0.384. The van der Waals surface area contributed by atoms with Crippen molar-refractivity contribution in [2.75, 3.05) is 0 Å². The van der Waals surface area contributed by atoms with Crippen LogP contribution >= 0.6 is 11.3 Å². The zero-order chi connectivity index (χ0) is 17.4. The lowest BCUT2D eigenvalue weighted by Crippen LogP contribution is -2.13. The second kappa shape index (κ2) is 6.01. The van der Waals surface area contributed by atoms with Gasteiger partial charge in [-0.15, -0.1) is 0 Å². The summed E-state index contributed by atoms with van der Waals surface area (Å²) < 4.78 is 2.99. The lowest BCUT2D eigenvalue weighted by atomic mass is 10.1. The predicted octanol–water partition coefficient (Wildman–Crippen LogP) is 3.51. The second-order valence-electron chi connectivity index (χ2n) is 5.59. The van der Waals surface area contributed by atoms with Crippen molar-refractivity contribution < 1.29 is 9.72 Å². The first kappa shape index (κ1) is 16.1. The van der Waals surface area contributed by atoms with Crippen LogP contribution in [0.25, 0.3) is 10.2 Å². The zero-order valence-corrected chi connectivity index (χ0v) is 14.3. The Kier molecular flexibility index (Phi) is 4.02. The largest absolute Gasteiger partial charge is 0.319 e. The van der Waals surface area contributed by atoms with Gasteiger partial charge in [-0.05, 0) is 43.2 Å². The summed E-state index contributed by atoms with van der Waals surface area (Å²) in [4.78, 5) is 27.3. The molecule has 0 bridgehead atoms. The lowest BCUT2D eigenvalue weighted by Gasteiger charge is -2.00. The molecule has 0 saturated heterocycles. The molecular weight excluding hydrogens is 326 g/mol. The number of aromatic nitrogens is 1. The van der Waals surface area contributed by atoms with Gasteiger partial charge in [-0.1, -0.05) is 17.4 Å². The number of nitro groups is 1. The van der Waals surface area contributed by atoms with E-state index in [9.17, 15) is 14.9 Å². The fourth-order valence-corrected chi connectivity index (χ4v) is 3.62. The second-order valence-corrected chi connectivity index (χ2v) is 6.57. The third-order valence-electron chi connectivity index (χ3n) is 3.76.